The summed E-state index contributed by atoms with van der Waals surface area (Å²) >= 11 is 0. The van der Waals surface area contributed by atoms with Gasteiger partial charge in [0.15, 0.2) is 0 Å². The molecule has 0 aliphatic carbocycles. The Morgan fingerprint density at radius 2 is 2.00 bits per heavy atom. The van der Waals surface area contributed by atoms with Gasteiger partial charge in [0.25, 0.3) is 0 Å². The topological polar surface area (TPSA) is 80.4 Å². The van der Waals surface area contributed by atoms with Crippen molar-refractivity contribution in [2.45, 2.75) is 25.8 Å². The van der Waals surface area contributed by atoms with Gasteiger partial charge in [-0.05, 0) is 24.5 Å². The van der Waals surface area contributed by atoms with Gasteiger partial charge >= 0.3 is 5.97 Å². The van der Waals surface area contributed by atoms with Crippen molar-refractivity contribution in [2.75, 3.05) is 0 Å². The molecule has 0 bridgehead atoms. The van der Waals surface area contributed by atoms with Gasteiger partial charge in [0.05, 0.1) is 0 Å². The smallest absolute Gasteiger partial charge is 0.320 e. The van der Waals surface area contributed by atoms with Crippen molar-refractivity contribution >= 4 is 11.8 Å². The van der Waals surface area contributed by atoms with E-state index in [2.05, 4.69) is 0 Å². The second kappa shape index (κ2) is 5.42. The van der Waals surface area contributed by atoms with Crippen LogP contribution in [0.1, 0.15) is 18.1 Å². The number of carbonyl (C=O) groups is 2. The van der Waals surface area contributed by atoms with E-state index in [0.717, 1.165) is 11.1 Å². The molecule has 1 aromatic carbocycles. The number of nitrogens with two attached hydrogens (primary N) is 1. The van der Waals surface area contributed by atoms with Crippen molar-refractivity contribution < 1.29 is 14.7 Å². The summed E-state index contributed by atoms with van der Waals surface area (Å²) in [4.78, 5) is 21.5. The van der Waals surface area contributed by atoms with Gasteiger partial charge in [-0.3, -0.25) is 9.59 Å². The number of ketones is 1. The third-order valence-corrected chi connectivity index (χ3v) is 2.22. The molecule has 0 aromatic heterocycles. The quantitative estimate of drug-likeness (QED) is 0.769. The molecule has 0 saturated carbocycles. The summed E-state index contributed by atoms with van der Waals surface area (Å²) in [6.07, 6.45) is 0.650. The fraction of sp³-hybridized carbons (Fsp3) is 0.333. The van der Waals surface area contributed by atoms with Crippen LogP contribution < -0.4 is 5.73 Å². The highest BCUT2D eigenvalue weighted by Gasteiger charge is 2.12. The minimum atomic E-state index is -1.02. The Morgan fingerprint density at radius 3 is 2.56 bits per heavy atom. The van der Waals surface area contributed by atoms with Gasteiger partial charge in [-0.25, -0.2) is 0 Å². The molecule has 1 aromatic rings. The first-order chi connectivity index (χ1) is 7.49. The molecule has 3 N–H and O–H groups in total. The minimum Gasteiger partial charge on any atom is -0.480 e. The molecular formula is C12H15NO3. The van der Waals surface area contributed by atoms with E-state index in [1.54, 1.807) is 0 Å². The Kier molecular flexibility index (Phi) is 4.19. The van der Waals surface area contributed by atoms with E-state index in [0.29, 0.717) is 6.42 Å². The van der Waals surface area contributed by atoms with Crippen molar-refractivity contribution in [1.82, 2.24) is 0 Å². The molecule has 1 rings (SSSR count). The highest BCUT2D eigenvalue weighted by Crippen LogP contribution is 2.08. The average Bonchev–Trinajstić information content (AvgIpc) is 2.16. The molecule has 0 heterocycles. The lowest BCUT2D eigenvalue weighted by molar-refractivity contribution is -0.138. The molecule has 0 amide bonds. The summed E-state index contributed by atoms with van der Waals surface area (Å²) in [5, 5.41) is 8.68. The van der Waals surface area contributed by atoms with Gasteiger partial charge < -0.3 is 10.8 Å². The zero-order valence-electron chi connectivity index (χ0n) is 9.14. The molecule has 0 unspecified atom stereocenters. The van der Waals surface area contributed by atoms with E-state index in [4.69, 9.17) is 10.8 Å². The molecule has 0 radical (unpaired) electrons. The van der Waals surface area contributed by atoms with Gasteiger partial charge in [-0.1, -0.05) is 24.3 Å². The zero-order chi connectivity index (χ0) is 12.1. The van der Waals surface area contributed by atoms with Crippen LogP contribution in [0.15, 0.2) is 24.3 Å². The molecule has 16 heavy (non-hydrogen) atoms. The second-order valence-electron chi connectivity index (χ2n) is 3.85. The summed E-state index contributed by atoms with van der Waals surface area (Å²) in [5.74, 6) is -0.934. The third-order valence-electron chi connectivity index (χ3n) is 2.22. The van der Waals surface area contributed by atoms with E-state index >= 15 is 0 Å². The van der Waals surface area contributed by atoms with Crippen LogP contribution >= 0.6 is 0 Å². The molecule has 86 valence electrons. The van der Waals surface area contributed by atoms with Crippen molar-refractivity contribution in [1.29, 1.82) is 0 Å². The zero-order valence-corrected chi connectivity index (χ0v) is 9.14. The number of Topliss-reactive ketones (excluding diaryl/α,β-unsaturated/α-hetero) is 1. The first kappa shape index (κ1) is 12.4. The number of benzene rings is 1. The largest absolute Gasteiger partial charge is 0.480 e. The van der Waals surface area contributed by atoms with Gasteiger partial charge in [0, 0.05) is 6.42 Å². The van der Waals surface area contributed by atoms with Gasteiger partial charge in [0.2, 0.25) is 0 Å². The van der Waals surface area contributed by atoms with Gasteiger partial charge in [-0.15, -0.1) is 0 Å². The predicted octanol–water partition coefficient (Wildman–Crippen LogP) is 0.772. The molecule has 0 aliphatic rings. The molecule has 0 spiro atoms. The summed E-state index contributed by atoms with van der Waals surface area (Å²) in [6, 6.07) is 6.39. The first-order valence-electron chi connectivity index (χ1n) is 5.04. The van der Waals surface area contributed by atoms with E-state index < -0.39 is 12.0 Å². The van der Waals surface area contributed by atoms with Crippen molar-refractivity contribution in [3.05, 3.63) is 35.4 Å². The average molecular weight is 221 g/mol. The molecular weight excluding hydrogens is 206 g/mol. The number of hydrogen-bond acceptors (Lipinski definition) is 3. The van der Waals surface area contributed by atoms with Crippen LogP contribution in [-0.2, 0) is 22.4 Å². The number of carbonyl (C=O) groups excluding carboxylic acids is 1. The van der Waals surface area contributed by atoms with Crippen LogP contribution in [0.4, 0.5) is 0 Å². The molecule has 4 heteroatoms. The third kappa shape index (κ3) is 3.82. The van der Waals surface area contributed by atoms with Crippen LogP contribution in [-0.4, -0.2) is 22.9 Å². The van der Waals surface area contributed by atoms with E-state index in [9.17, 15) is 9.59 Å². The van der Waals surface area contributed by atoms with E-state index in [1.807, 2.05) is 24.3 Å². The Labute approximate surface area is 94.1 Å². The number of hydrogen-bond donors (Lipinski definition) is 2. The Hall–Kier alpha value is -1.68. The molecule has 4 nitrogen and oxygen atoms in total. The SMILES string of the molecule is CC(=O)Cc1cccc(C[C@H](N)C(=O)O)c1. The normalized spacial score (nSPS) is 12.1. The Balaban J connectivity index is 2.74. The fourth-order valence-electron chi connectivity index (χ4n) is 1.50. The van der Waals surface area contributed by atoms with Gasteiger partial charge in [-0.2, -0.15) is 0 Å². The Bertz CT molecular complexity index is 401. The molecule has 0 fully saturated rings. The lowest BCUT2D eigenvalue weighted by Crippen LogP contribution is -2.32. The van der Waals surface area contributed by atoms with E-state index in [-0.39, 0.29) is 12.2 Å². The standard InChI is InChI=1S/C12H15NO3/c1-8(14)5-9-3-2-4-10(6-9)7-11(13)12(15)16/h2-4,6,11H,5,7,13H2,1H3,(H,15,16)/t11-/m0/s1. The lowest BCUT2D eigenvalue weighted by Gasteiger charge is -2.07. The van der Waals surface area contributed by atoms with Crippen LogP contribution in [0.2, 0.25) is 0 Å². The van der Waals surface area contributed by atoms with Crippen LogP contribution in [0, 0.1) is 0 Å². The minimum absolute atomic E-state index is 0.0830. The number of carboxylic acids is 1. The summed E-state index contributed by atoms with van der Waals surface area (Å²) in [5.41, 5.74) is 7.17. The van der Waals surface area contributed by atoms with Crippen molar-refractivity contribution in [2.24, 2.45) is 5.73 Å². The highest BCUT2D eigenvalue weighted by molar-refractivity contribution is 5.78. The molecule has 0 saturated heterocycles. The van der Waals surface area contributed by atoms with E-state index in [1.165, 1.54) is 6.92 Å². The maximum Gasteiger partial charge on any atom is 0.320 e. The predicted molar refractivity (Wildman–Crippen MR) is 60.1 cm³/mol. The lowest BCUT2D eigenvalue weighted by atomic mass is 10.0. The number of rotatable bonds is 5. The van der Waals surface area contributed by atoms with Crippen molar-refractivity contribution in [3.63, 3.8) is 0 Å². The van der Waals surface area contributed by atoms with Crippen LogP contribution in [0.25, 0.3) is 0 Å². The second-order valence-corrected chi connectivity index (χ2v) is 3.85. The van der Waals surface area contributed by atoms with Crippen LogP contribution in [0.5, 0.6) is 0 Å². The van der Waals surface area contributed by atoms with Crippen molar-refractivity contribution in [3.8, 4) is 0 Å². The monoisotopic (exact) mass is 221 g/mol. The summed E-state index contributed by atoms with van der Waals surface area (Å²) in [6.45, 7) is 1.52. The van der Waals surface area contributed by atoms with Crippen LogP contribution in [0.3, 0.4) is 0 Å². The fourth-order valence-corrected chi connectivity index (χ4v) is 1.50. The molecule has 0 aliphatic heterocycles. The first-order valence-corrected chi connectivity index (χ1v) is 5.04. The number of aliphatic carboxylic acids is 1. The molecule has 1 atom stereocenters. The maximum atomic E-state index is 10.9. The maximum absolute atomic E-state index is 10.9. The summed E-state index contributed by atoms with van der Waals surface area (Å²) in [7, 11) is 0. The highest BCUT2D eigenvalue weighted by atomic mass is 16.4. The summed E-state index contributed by atoms with van der Waals surface area (Å²) < 4.78 is 0. The number of carboxylic acid groups (broad SMARTS) is 1. The van der Waals surface area contributed by atoms with Gasteiger partial charge in [0.1, 0.15) is 11.8 Å². The Morgan fingerprint density at radius 1 is 1.38 bits per heavy atom.